The van der Waals surface area contributed by atoms with Crippen LogP contribution in [0, 0.1) is 0 Å². The van der Waals surface area contributed by atoms with Crippen molar-refractivity contribution in [3.63, 3.8) is 0 Å². The first-order chi connectivity index (χ1) is 9.24. The van der Waals surface area contributed by atoms with Crippen LogP contribution in [0.1, 0.15) is 26.0 Å². The zero-order valence-corrected chi connectivity index (χ0v) is 11.8. The number of hydrogen-bond donors (Lipinski definition) is 1. The van der Waals surface area contributed by atoms with Gasteiger partial charge in [0.05, 0.1) is 12.6 Å². The van der Waals surface area contributed by atoms with Crippen LogP contribution in [0.15, 0.2) is 12.3 Å². The quantitative estimate of drug-likeness (QED) is 0.786. The molecule has 0 aliphatic carbocycles. The minimum Gasteiger partial charge on any atom is -0.359 e. The molecule has 0 saturated heterocycles. The predicted octanol–water partition coefficient (Wildman–Crippen LogP) is 0.428. The van der Waals surface area contributed by atoms with Gasteiger partial charge in [-0.2, -0.15) is 5.10 Å². The maximum Gasteiger partial charge on any atom is 0.221 e. The molecule has 1 atom stereocenters. The summed E-state index contributed by atoms with van der Waals surface area (Å²) in [6.45, 7) is 5.17. The molecule has 1 N–H and O–H groups in total. The zero-order chi connectivity index (χ0) is 14.3. The van der Waals surface area contributed by atoms with Gasteiger partial charge in [0.2, 0.25) is 12.3 Å². The number of carbonyl (C=O) groups excluding carboxylic acids is 2. The highest BCUT2D eigenvalue weighted by atomic mass is 16.2. The first-order valence-electron chi connectivity index (χ1n) is 6.67. The third-order valence-corrected chi connectivity index (χ3v) is 3.11. The monoisotopic (exact) mass is 266 g/mol. The van der Waals surface area contributed by atoms with Crippen molar-refractivity contribution in [1.29, 1.82) is 0 Å². The van der Waals surface area contributed by atoms with Gasteiger partial charge in [-0.1, -0.05) is 13.8 Å². The Morgan fingerprint density at radius 1 is 1.63 bits per heavy atom. The summed E-state index contributed by atoms with van der Waals surface area (Å²) in [6, 6.07) is 2.09. The molecular weight excluding hydrogens is 244 g/mol. The molecule has 1 aliphatic rings. The lowest BCUT2D eigenvalue weighted by atomic mass is 10.2. The van der Waals surface area contributed by atoms with Crippen molar-refractivity contribution in [1.82, 2.24) is 20.0 Å². The largest absolute Gasteiger partial charge is 0.359 e. The van der Waals surface area contributed by atoms with Crippen molar-refractivity contribution in [2.24, 2.45) is 0 Å². The van der Waals surface area contributed by atoms with E-state index < -0.39 is 0 Å². The summed E-state index contributed by atoms with van der Waals surface area (Å²) in [5.74, 6) is -0.0485. The summed E-state index contributed by atoms with van der Waals surface area (Å²) in [7, 11) is 1.60. The molecule has 19 heavy (non-hydrogen) atoms. The second-order valence-electron chi connectivity index (χ2n) is 4.13. The highest BCUT2D eigenvalue weighted by Gasteiger charge is 2.26. The molecule has 2 rings (SSSR count). The van der Waals surface area contributed by atoms with Crippen molar-refractivity contribution < 1.29 is 9.59 Å². The number of rotatable bonds is 5. The molecule has 106 valence electrons. The first kappa shape index (κ1) is 15.2. The summed E-state index contributed by atoms with van der Waals surface area (Å²) >= 11 is 0. The normalized spacial score (nSPS) is 16.1. The lowest BCUT2D eigenvalue weighted by Crippen LogP contribution is -2.38. The fraction of sp³-hybridized carbons (Fsp3) is 0.615. The summed E-state index contributed by atoms with van der Waals surface area (Å²) < 4.78 is 1.90. The van der Waals surface area contributed by atoms with E-state index in [2.05, 4.69) is 10.4 Å². The van der Waals surface area contributed by atoms with E-state index in [4.69, 9.17) is 0 Å². The molecule has 0 saturated carbocycles. The van der Waals surface area contributed by atoms with Crippen LogP contribution in [0.3, 0.4) is 0 Å². The highest BCUT2D eigenvalue weighted by Crippen LogP contribution is 2.17. The average Bonchev–Trinajstić information content (AvgIpc) is 3.02. The van der Waals surface area contributed by atoms with Gasteiger partial charge in [0, 0.05) is 38.3 Å². The summed E-state index contributed by atoms with van der Waals surface area (Å²) in [6.07, 6.45) is 3.74. The van der Waals surface area contributed by atoms with E-state index in [0.717, 1.165) is 25.1 Å². The molecule has 0 bridgehead atoms. The zero-order valence-electron chi connectivity index (χ0n) is 11.8. The number of nitrogens with one attached hydrogen (secondary N) is 1. The lowest BCUT2D eigenvalue weighted by Gasteiger charge is -2.23. The molecule has 2 heterocycles. The lowest BCUT2D eigenvalue weighted by molar-refractivity contribution is -0.123. The molecule has 6 nitrogen and oxygen atoms in total. The van der Waals surface area contributed by atoms with Crippen LogP contribution in [0.5, 0.6) is 0 Å². The third kappa shape index (κ3) is 3.81. The molecule has 0 aromatic carbocycles. The number of aromatic nitrogens is 2. The number of amides is 2. The van der Waals surface area contributed by atoms with Gasteiger partial charge in [0.1, 0.15) is 0 Å². The molecule has 1 aromatic heterocycles. The van der Waals surface area contributed by atoms with E-state index in [-0.39, 0.29) is 11.9 Å². The molecule has 0 spiro atoms. The van der Waals surface area contributed by atoms with Crippen molar-refractivity contribution in [3.8, 4) is 0 Å². The average molecular weight is 266 g/mol. The standard InChI is InChI=1S/C11H16N4O2.C2H6/c1-12-11(17)3-5-14(8-16)10-6-9-2-4-13-15(9)7-10;1-2/h2,4,8,10H,3,5-7H2,1H3,(H,12,17);1-2H3. The molecule has 1 aliphatic heterocycles. The van der Waals surface area contributed by atoms with Gasteiger partial charge in [-0.25, -0.2) is 0 Å². The Labute approximate surface area is 113 Å². The molecule has 0 radical (unpaired) electrons. The summed E-state index contributed by atoms with van der Waals surface area (Å²) in [5, 5.41) is 6.72. The third-order valence-electron chi connectivity index (χ3n) is 3.11. The maximum absolute atomic E-state index is 11.1. The SMILES string of the molecule is CC.CNC(=O)CCN(C=O)C1Cc2ccnn2C1. The van der Waals surface area contributed by atoms with E-state index in [1.54, 1.807) is 18.1 Å². The van der Waals surface area contributed by atoms with Crippen LogP contribution in [-0.4, -0.2) is 46.6 Å². The number of nitrogens with zero attached hydrogens (tertiary/aromatic N) is 3. The Hall–Kier alpha value is -1.85. The Bertz CT molecular complexity index is 396. The van der Waals surface area contributed by atoms with Gasteiger partial charge in [0.15, 0.2) is 0 Å². The van der Waals surface area contributed by atoms with Crippen LogP contribution in [0.25, 0.3) is 0 Å². The van der Waals surface area contributed by atoms with Gasteiger partial charge in [0.25, 0.3) is 0 Å². The van der Waals surface area contributed by atoms with Crippen molar-refractivity contribution in [2.45, 2.75) is 39.3 Å². The van der Waals surface area contributed by atoms with E-state index in [1.807, 2.05) is 24.6 Å². The second kappa shape index (κ2) is 7.56. The molecule has 6 heteroatoms. The van der Waals surface area contributed by atoms with E-state index in [0.29, 0.717) is 13.0 Å². The Morgan fingerprint density at radius 2 is 2.37 bits per heavy atom. The molecule has 0 fully saturated rings. The Morgan fingerprint density at radius 3 is 2.95 bits per heavy atom. The topological polar surface area (TPSA) is 67.2 Å². The Balaban J connectivity index is 0.000000861. The van der Waals surface area contributed by atoms with Crippen LogP contribution < -0.4 is 5.32 Å². The smallest absolute Gasteiger partial charge is 0.221 e. The van der Waals surface area contributed by atoms with Crippen LogP contribution in [0.2, 0.25) is 0 Å². The molecular formula is C13H22N4O2. The van der Waals surface area contributed by atoms with Gasteiger partial charge in [-0.15, -0.1) is 0 Å². The summed E-state index contributed by atoms with van der Waals surface area (Å²) in [4.78, 5) is 23.9. The van der Waals surface area contributed by atoms with E-state index >= 15 is 0 Å². The van der Waals surface area contributed by atoms with E-state index in [1.165, 1.54) is 0 Å². The molecule has 2 amide bonds. The second-order valence-corrected chi connectivity index (χ2v) is 4.13. The minimum absolute atomic E-state index is 0.0485. The van der Waals surface area contributed by atoms with Crippen molar-refractivity contribution in [2.75, 3.05) is 13.6 Å². The van der Waals surface area contributed by atoms with Gasteiger partial charge in [-0.3, -0.25) is 14.3 Å². The van der Waals surface area contributed by atoms with Gasteiger partial charge in [-0.05, 0) is 6.07 Å². The maximum atomic E-state index is 11.1. The first-order valence-corrected chi connectivity index (χ1v) is 6.67. The fourth-order valence-corrected chi connectivity index (χ4v) is 2.10. The molecule has 1 unspecified atom stereocenters. The minimum atomic E-state index is -0.0485. The van der Waals surface area contributed by atoms with Crippen LogP contribution in [0.4, 0.5) is 0 Å². The number of hydrogen-bond acceptors (Lipinski definition) is 3. The number of carbonyl (C=O) groups is 2. The molecule has 1 aromatic rings. The van der Waals surface area contributed by atoms with Gasteiger partial charge >= 0.3 is 0 Å². The van der Waals surface area contributed by atoms with Crippen molar-refractivity contribution in [3.05, 3.63) is 18.0 Å². The van der Waals surface area contributed by atoms with Crippen LogP contribution >= 0.6 is 0 Å². The Kier molecular flexibility index (Phi) is 6.05. The fourth-order valence-electron chi connectivity index (χ4n) is 2.10. The number of fused-ring (bicyclic) bond motifs is 1. The van der Waals surface area contributed by atoms with E-state index in [9.17, 15) is 9.59 Å². The predicted molar refractivity (Wildman–Crippen MR) is 72.5 cm³/mol. The van der Waals surface area contributed by atoms with Crippen molar-refractivity contribution >= 4 is 12.3 Å². The van der Waals surface area contributed by atoms with Crippen LogP contribution in [-0.2, 0) is 22.6 Å². The van der Waals surface area contributed by atoms with Gasteiger partial charge < -0.3 is 10.2 Å². The highest BCUT2D eigenvalue weighted by molar-refractivity contribution is 5.75. The summed E-state index contributed by atoms with van der Waals surface area (Å²) in [5.41, 5.74) is 1.14.